The van der Waals surface area contributed by atoms with Crippen LogP contribution in [0, 0.1) is 25.2 Å². The maximum atomic E-state index is 14.0. The van der Waals surface area contributed by atoms with Crippen LogP contribution in [0.2, 0.25) is 0 Å². The molecule has 192 valence electrons. The number of hydrogen-bond acceptors (Lipinski definition) is 6. The summed E-state index contributed by atoms with van der Waals surface area (Å²) in [5.74, 6) is -0.936. The van der Waals surface area contributed by atoms with Crippen LogP contribution >= 0.6 is 0 Å². The fourth-order valence-electron chi connectivity index (χ4n) is 4.39. The van der Waals surface area contributed by atoms with Gasteiger partial charge in [-0.15, -0.1) is 0 Å². The Labute approximate surface area is 209 Å². The normalized spacial score (nSPS) is 16.9. The van der Waals surface area contributed by atoms with Crippen molar-refractivity contribution in [2.24, 2.45) is 5.41 Å². The van der Waals surface area contributed by atoms with Gasteiger partial charge in [0.15, 0.2) is 6.10 Å². The van der Waals surface area contributed by atoms with Crippen LogP contribution < -0.4 is 4.90 Å². The number of aromatic nitrogens is 2. The van der Waals surface area contributed by atoms with Crippen molar-refractivity contribution in [1.29, 1.82) is 0 Å². The molecular formula is C28H40FN3O3. The Hall–Kier alpha value is -2.54. The molecule has 0 spiro atoms. The van der Waals surface area contributed by atoms with Gasteiger partial charge >= 0.3 is 5.97 Å². The maximum Gasteiger partial charge on any atom is 0.340 e. The molecule has 1 fully saturated rings. The molecule has 0 bridgehead atoms. The molecule has 0 radical (unpaired) electrons. The van der Waals surface area contributed by atoms with E-state index >= 15 is 0 Å². The number of rotatable bonds is 6. The number of ether oxygens (including phenoxy) is 2. The lowest BCUT2D eigenvalue weighted by molar-refractivity contribution is -0.171. The predicted molar refractivity (Wildman–Crippen MR) is 137 cm³/mol. The third-order valence-corrected chi connectivity index (χ3v) is 6.35. The topological polar surface area (TPSA) is 64.6 Å². The van der Waals surface area contributed by atoms with Crippen LogP contribution in [0.25, 0.3) is 11.1 Å². The Kier molecular flexibility index (Phi) is 7.89. The van der Waals surface area contributed by atoms with E-state index < -0.39 is 23.6 Å². The quantitative estimate of drug-likeness (QED) is 0.352. The molecule has 6 nitrogen and oxygen atoms in total. The van der Waals surface area contributed by atoms with E-state index in [4.69, 9.17) is 9.47 Å². The summed E-state index contributed by atoms with van der Waals surface area (Å²) >= 11 is 0. The first-order chi connectivity index (χ1) is 16.2. The molecule has 0 amide bonds. The lowest BCUT2D eigenvalue weighted by atomic mass is 9.82. The fraction of sp³-hybridized carbons (Fsp3) is 0.607. The van der Waals surface area contributed by atoms with Crippen LogP contribution in [-0.2, 0) is 14.3 Å². The molecule has 1 unspecified atom stereocenters. The number of nitrogens with zero attached hydrogens (tertiary/aromatic N) is 3. The van der Waals surface area contributed by atoms with Gasteiger partial charge in [-0.1, -0.05) is 13.8 Å². The molecule has 7 heteroatoms. The minimum atomic E-state index is -0.954. The zero-order chi connectivity index (χ0) is 26.1. The number of carbonyl (C=O) groups is 1. The van der Waals surface area contributed by atoms with Crippen molar-refractivity contribution in [3.05, 3.63) is 41.2 Å². The zero-order valence-corrected chi connectivity index (χ0v) is 22.7. The van der Waals surface area contributed by atoms with Crippen molar-refractivity contribution in [3.8, 4) is 11.1 Å². The van der Waals surface area contributed by atoms with Gasteiger partial charge in [-0.25, -0.2) is 9.78 Å². The molecule has 2 aromatic rings. The summed E-state index contributed by atoms with van der Waals surface area (Å²) in [6.07, 6.45) is 4.11. The minimum absolute atomic E-state index is 0.241. The molecule has 3 heterocycles. The third-order valence-electron chi connectivity index (χ3n) is 6.35. The van der Waals surface area contributed by atoms with Crippen molar-refractivity contribution in [3.63, 3.8) is 0 Å². The average molecular weight is 486 g/mol. The number of anilines is 1. The van der Waals surface area contributed by atoms with Gasteiger partial charge in [-0.05, 0) is 72.8 Å². The lowest BCUT2D eigenvalue weighted by Gasteiger charge is -2.41. The molecule has 0 aliphatic carbocycles. The van der Waals surface area contributed by atoms with Crippen LogP contribution in [0.5, 0.6) is 0 Å². The van der Waals surface area contributed by atoms with Crippen molar-refractivity contribution in [2.45, 2.75) is 93.0 Å². The Balaban J connectivity index is 2.26. The average Bonchev–Trinajstić information content (AvgIpc) is 2.73. The van der Waals surface area contributed by atoms with Crippen LogP contribution in [0.3, 0.4) is 0 Å². The summed E-state index contributed by atoms with van der Waals surface area (Å²) in [6.45, 7) is 19.2. The number of piperidine rings is 1. The van der Waals surface area contributed by atoms with Crippen LogP contribution in [0.1, 0.15) is 84.2 Å². The highest BCUT2D eigenvalue weighted by molar-refractivity contribution is 5.87. The SMILES string of the molecule is Cc1cc(-c2cnc(C)c(C(OC(C)(C)C)C(=O)OC(C)C)c2N2CCC(C)(C)CC2)cnc1F. The molecule has 1 saturated heterocycles. The van der Waals surface area contributed by atoms with E-state index in [1.807, 2.05) is 41.5 Å². The van der Waals surface area contributed by atoms with Crippen LogP contribution in [0.4, 0.5) is 10.1 Å². The van der Waals surface area contributed by atoms with Crippen molar-refractivity contribution in [1.82, 2.24) is 9.97 Å². The minimum Gasteiger partial charge on any atom is -0.461 e. The summed E-state index contributed by atoms with van der Waals surface area (Å²) in [5, 5.41) is 0. The molecule has 3 rings (SSSR count). The van der Waals surface area contributed by atoms with Crippen LogP contribution in [-0.4, -0.2) is 40.7 Å². The fourth-order valence-corrected chi connectivity index (χ4v) is 4.39. The van der Waals surface area contributed by atoms with E-state index in [2.05, 4.69) is 28.7 Å². The molecule has 35 heavy (non-hydrogen) atoms. The van der Waals surface area contributed by atoms with Gasteiger partial charge in [-0.3, -0.25) is 4.98 Å². The second kappa shape index (κ2) is 10.2. The zero-order valence-electron chi connectivity index (χ0n) is 22.7. The summed E-state index contributed by atoms with van der Waals surface area (Å²) in [5.41, 5.74) is 3.95. The highest BCUT2D eigenvalue weighted by Crippen LogP contribution is 2.43. The van der Waals surface area contributed by atoms with E-state index in [-0.39, 0.29) is 11.5 Å². The Morgan fingerprint density at radius 3 is 2.29 bits per heavy atom. The molecule has 1 atom stereocenters. The first-order valence-corrected chi connectivity index (χ1v) is 12.4. The number of carbonyl (C=O) groups excluding carboxylic acids is 1. The van der Waals surface area contributed by atoms with E-state index in [9.17, 15) is 9.18 Å². The standard InChI is InChI=1S/C28H40FN3O3/c1-17(2)34-26(33)24(35-27(5,6)7)22-19(4)30-16-21(20-14-18(3)25(29)31-15-20)23(22)32-12-10-28(8,9)11-13-32/h14-17,24H,10-13H2,1-9H3. The van der Waals surface area contributed by atoms with Crippen molar-refractivity contribution in [2.75, 3.05) is 18.0 Å². The third kappa shape index (κ3) is 6.57. The summed E-state index contributed by atoms with van der Waals surface area (Å²) in [6, 6.07) is 1.78. The van der Waals surface area contributed by atoms with Gasteiger partial charge < -0.3 is 14.4 Å². The van der Waals surface area contributed by atoms with Gasteiger partial charge in [-0.2, -0.15) is 4.39 Å². The molecule has 1 aliphatic rings. The second-order valence-corrected chi connectivity index (χ2v) is 11.6. The Bertz CT molecular complexity index is 1070. The van der Waals surface area contributed by atoms with Gasteiger partial charge in [0.25, 0.3) is 0 Å². The second-order valence-electron chi connectivity index (χ2n) is 11.6. The van der Waals surface area contributed by atoms with Gasteiger partial charge in [0, 0.05) is 53.4 Å². The largest absolute Gasteiger partial charge is 0.461 e. The molecule has 2 aromatic heterocycles. The molecule has 0 N–H and O–H groups in total. The first kappa shape index (κ1) is 27.1. The number of pyridine rings is 2. The van der Waals surface area contributed by atoms with E-state index in [1.54, 1.807) is 19.2 Å². The van der Waals surface area contributed by atoms with Crippen LogP contribution in [0.15, 0.2) is 18.5 Å². The van der Waals surface area contributed by atoms with E-state index in [1.165, 1.54) is 6.20 Å². The van der Waals surface area contributed by atoms with E-state index in [0.29, 0.717) is 16.8 Å². The molecular weight excluding hydrogens is 445 g/mol. The maximum absolute atomic E-state index is 14.0. The molecule has 0 saturated carbocycles. The molecule has 1 aliphatic heterocycles. The summed E-state index contributed by atoms with van der Waals surface area (Å²) in [4.78, 5) is 24.4. The summed E-state index contributed by atoms with van der Waals surface area (Å²) < 4.78 is 26.0. The van der Waals surface area contributed by atoms with Gasteiger partial charge in [0.05, 0.1) is 17.4 Å². The van der Waals surface area contributed by atoms with Crippen molar-refractivity contribution >= 4 is 11.7 Å². The Morgan fingerprint density at radius 1 is 1.11 bits per heavy atom. The number of halogens is 1. The summed E-state index contributed by atoms with van der Waals surface area (Å²) in [7, 11) is 0. The smallest absolute Gasteiger partial charge is 0.340 e. The van der Waals surface area contributed by atoms with Crippen molar-refractivity contribution < 1.29 is 18.7 Å². The van der Waals surface area contributed by atoms with Gasteiger partial charge in [0.2, 0.25) is 5.95 Å². The molecule has 0 aromatic carbocycles. The number of esters is 1. The lowest BCUT2D eigenvalue weighted by Crippen LogP contribution is -2.39. The van der Waals surface area contributed by atoms with Gasteiger partial charge in [0.1, 0.15) is 0 Å². The number of aryl methyl sites for hydroxylation is 2. The highest BCUT2D eigenvalue weighted by atomic mass is 19.1. The monoisotopic (exact) mass is 485 g/mol. The highest BCUT2D eigenvalue weighted by Gasteiger charge is 2.37. The number of hydrogen-bond donors (Lipinski definition) is 0. The predicted octanol–water partition coefficient (Wildman–Crippen LogP) is 6.33. The first-order valence-electron chi connectivity index (χ1n) is 12.4. The van der Waals surface area contributed by atoms with E-state index in [0.717, 1.165) is 42.7 Å². The Morgan fingerprint density at radius 2 is 1.74 bits per heavy atom.